The highest BCUT2D eigenvalue weighted by atomic mass is 79.9. The predicted octanol–water partition coefficient (Wildman–Crippen LogP) is 3.39. The van der Waals surface area contributed by atoms with Crippen LogP contribution in [0.4, 0.5) is 0 Å². The first-order chi connectivity index (χ1) is 5.15. The molecule has 0 aliphatic rings. The number of nitrogens with zero attached hydrogens (tertiary/aromatic N) is 1. The van der Waals surface area contributed by atoms with Crippen LogP contribution in [0.15, 0.2) is 21.1 Å². The fourth-order valence-electron chi connectivity index (χ4n) is 0.732. The summed E-state index contributed by atoms with van der Waals surface area (Å²) in [5.74, 6) is 0. The predicted molar refractivity (Wildman–Crippen MR) is 51.3 cm³/mol. The summed E-state index contributed by atoms with van der Waals surface area (Å²) in [5.41, 5.74) is 1.78. The van der Waals surface area contributed by atoms with Crippen LogP contribution in [0, 0.1) is 18.3 Å². The average molecular weight is 275 g/mol. The van der Waals surface area contributed by atoms with E-state index in [9.17, 15) is 0 Å². The third-order valence-corrected chi connectivity index (χ3v) is 2.88. The molecule has 0 saturated carbocycles. The van der Waals surface area contributed by atoms with Crippen molar-refractivity contribution in [3.63, 3.8) is 0 Å². The Balaban J connectivity index is 3.35. The summed E-state index contributed by atoms with van der Waals surface area (Å²) in [6.45, 7) is 1.98. The van der Waals surface area contributed by atoms with Gasteiger partial charge in [-0.2, -0.15) is 5.26 Å². The zero-order valence-corrected chi connectivity index (χ0v) is 9.03. The van der Waals surface area contributed by atoms with E-state index in [0.717, 1.165) is 14.5 Å². The Morgan fingerprint density at radius 2 is 1.91 bits per heavy atom. The molecular formula is C8H5Br2N. The van der Waals surface area contributed by atoms with Crippen LogP contribution in [0.3, 0.4) is 0 Å². The van der Waals surface area contributed by atoms with Gasteiger partial charge < -0.3 is 0 Å². The number of halogens is 2. The summed E-state index contributed by atoms with van der Waals surface area (Å²) in [6.07, 6.45) is 0. The summed E-state index contributed by atoms with van der Waals surface area (Å²) in [5, 5.41) is 8.63. The van der Waals surface area contributed by atoms with Gasteiger partial charge in [0.2, 0.25) is 0 Å². The van der Waals surface area contributed by atoms with Gasteiger partial charge in [0.1, 0.15) is 6.07 Å². The normalized spacial score (nSPS) is 9.27. The molecule has 1 nitrogen and oxygen atoms in total. The highest BCUT2D eigenvalue weighted by Crippen LogP contribution is 2.24. The molecule has 0 N–H and O–H groups in total. The molecule has 1 aromatic carbocycles. The fraction of sp³-hybridized carbons (Fsp3) is 0.125. The molecule has 0 fully saturated rings. The van der Waals surface area contributed by atoms with Crippen LogP contribution in [0.1, 0.15) is 11.1 Å². The molecular weight excluding hydrogens is 270 g/mol. The van der Waals surface area contributed by atoms with Gasteiger partial charge in [-0.05, 0) is 40.5 Å². The van der Waals surface area contributed by atoms with Gasteiger partial charge in [0.15, 0.2) is 0 Å². The molecule has 0 aliphatic carbocycles. The van der Waals surface area contributed by atoms with Gasteiger partial charge in [-0.3, -0.25) is 0 Å². The van der Waals surface area contributed by atoms with E-state index >= 15 is 0 Å². The van der Waals surface area contributed by atoms with Crippen molar-refractivity contribution in [2.24, 2.45) is 0 Å². The monoisotopic (exact) mass is 273 g/mol. The lowest BCUT2D eigenvalue weighted by Crippen LogP contribution is -1.81. The summed E-state index contributed by atoms with van der Waals surface area (Å²) in [4.78, 5) is 0. The molecule has 1 rings (SSSR count). The molecule has 0 unspecified atom stereocenters. The molecule has 0 atom stereocenters. The van der Waals surface area contributed by atoms with Crippen LogP contribution in [0.2, 0.25) is 0 Å². The maximum Gasteiger partial charge on any atom is 0.100 e. The van der Waals surface area contributed by atoms with Gasteiger partial charge >= 0.3 is 0 Å². The van der Waals surface area contributed by atoms with Crippen LogP contribution in [-0.4, -0.2) is 0 Å². The third-order valence-electron chi connectivity index (χ3n) is 1.37. The lowest BCUT2D eigenvalue weighted by atomic mass is 10.2. The van der Waals surface area contributed by atoms with E-state index < -0.39 is 0 Å². The molecule has 0 saturated heterocycles. The van der Waals surface area contributed by atoms with Crippen LogP contribution in [-0.2, 0) is 0 Å². The second-order valence-electron chi connectivity index (χ2n) is 2.19. The Morgan fingerprint density at radius 3 is 2.45 bits per heavy atom. The minimum atomic E-state index is 0.655. The first-order valence-corrected chi connectivity index (χ1v) is 4.59. The molecule has 0 spiro atoms. The van der Waals surface area contributed by atoms with E-state index in [0.29, 0.717) is 5.56 Å². The van der Waals surface area contributed by atoms with Crippen LogP contribution in [0.5, 0.6) is 0 Å². The molecule has 0 bridgehead atoms. The molecule has 0 amide bonds. The third kappa shape index (κ3) is 1.82. The standard InChI is InChI=1S/C8H5Br2N/c1-5-2-8(10)6(4-11)3-7(5)9/h2-3H,1H3. The molecule has 56 valence electrons. The van der Waals surface area contributed by atoms with Crippen molar-refractivity contribution in [1.29, 1.82) is 5.26 Å². The van der Waals surface area contributed by atoms with E-state index in [1.54, 1.807) is 6.07 Å². The lowest BCUT2D eigenvalue weighted by Gasteiger charge is -1.99. The highest BCUT2D eigenvalue weighted by Gasteiger charge is 2.01. The maximum atomic E-state index is 8.63. The van der Waals surface area contributed by atoms with E-state index in [4.69, 9.17) is 5.26 Å². The SMILES string of the molecule is Cc1cc(Br)c(C#N)cc1Br. The molecule has 0 aliphatic heterocycles. The Morgan fingerprint density at radius 1 is 1.27 bits per heavy atom. The first kappa shape index (κ1) is 8.76. The van der Waals surface area contributed by atoms with E-state index in [-0.39, 0.29) is 0 Å². The number of aryl methyl sites for hydroxylation is 1. The lowest BCUT2D eigenvalue weighted by molar-refractivity contribution is 1.38. The highest BCUT2D eigenvalue weighted by molar-refractivity contribution is 9.11. The zero-order valence-electron chi connectivity index (χ0n) is 5.86. The first-order valence-electron chi connectivity index (χ1n) is 3.01. The number of benzene rings is 1. The van der Waals surface area contributed by atoms with Gasteiger partial charge in [-0.25, -0.2) is 0 Å². The Hall–Kier alpha value is -0.330. The van der Waals surface area contributed by atoms with Crippen LogP contribution >= 0.6 is 31.9 Å². The van der Waals surface area contributed by atoms with E-state index in [1.165, 1.54) is 0 Å². The second kappa shape index (κ2) is 3.38. The molecule has 11 heavy (non-hydrogen) atoms. The Kier molecular flexibility index (Phi) is 2.69. The van der Waals surface area contributed by atoms with Gasteiger partial charge in [0.05, 0.1) is 5.56 Å². The van der Waals surface area contributed by atoms with Crippen molar-refractivity contribution in [3.8, 4) is 6.07 Å². The number of hydrogen-bond acceptors (Lipinski definition) is 1. The smallest absolute Gasteiger partial charge is 0.100 e. The summed E-state index contributed by atoms with van der Waals surface area (Å²) >= 11 is 6.65. The van der Waals surface area contributed by atoms with Gasteiger partial charge in [-0.15, -0.1) is 0 Å². The molecule has 0 heterocycles. The molecule has 0 aromatic heterocycles. The van der Waals surface area contributed by atoms with Crippen molar-refractivity contribution in [1.82, 2.24) is 0 Å². The summed E-state index contributed by atoms with van der Waals surface area (Å²) in [7, 11) is 0. The summed E-state index contributed by atoms with van der Waals surface area (Å²) in [6, 6.07) is 5.81. The molecule has 3 heteroatoms. The summed E-state index contributed by atoms with van der Waals surface area (Å²) < 4.78 is 1.82. The van der Waals surface area contributed by atoms with Crippen molar-refractivity contribution in [3.05, 3.63) is 32.2 Å². The minimum Gasteiger partial charge on any atom is -0.192 e. The van der Waals surface area contributed by atoms with E-state index in [1.807, 2.05) is 13.0 Å². The Bertz CT molecular complexity index is 326. The number of nitriles is 1. The Labute approximate surface area is 82.3 Å². The molecule has 0 radical (unpaired) electrons. The maximum absolute atomic E-state index is 8.63. The van der Waals surface area contributed by atoms with Crippen molar-refractivity contribution in [2.75, 3.05) is 0 Å². The van der Waals surface area contributed by atoms with Gasteiger partial charge in [0, 0.05) is 8.95 Å². The second-order valence-corrected chi connectivity index (χ2v) is 3.90. The van der Waals surface area contributed by atoms with Crippen LogP contribution in [0.25, 0.3) is 0 Å². The van der Waals surface area contributed by atoms with Gasteiger partial charge in [0.25, 0.3) is 0 Å². The largest absolute Gasteiger partial charge is 0.192 e. The molecule has 1 aromatic rings. The zero-order chi connectivity index (χ0) is 8.43. The fourth-order valence-corrected chi connectivity index (χ4v) is 1.62. The minimum absolute atomic E-state index is 0.655. The number of hydrogen-bond donors (Lipinski definition) is 0. The van der Waals surface area contributed by atoms with Crippen molar-refractivity contribution in [2.45, 2.75) is 6.92 Å². The topological polar surface area (TPSA) is 23.8 Å². The van der Waals surface area contributed by atoms with Gasteiger partial charge in [-0.1, -0.05) is 15.9 Å². The van der Waals surface area contributed by atoms with Crippen molar-refractivity contribution >= 4 is 31.9 Å². The number of rotatable bonds is 0. The van der Waals surface area contributed by atoms with Crippen LogP contribution < -0.4 is 0 Å². The van der Waals surface area contributed by atoms with Crippen molar-refractivity contribution < 1.29 is 0 Å². The van der Waals surface area contributed by atoms with E-state index in [2.05, 4.69) is 37.9 Å². The average Bonchev–Trinajstić information content (AvgIpc) is 1.97. The quantitative estimate of drug-likeness (QED) is 0.711.